The second-order valence-electron chi connectivity index (χ2n) is 6.78. The van der Waals surface area contributed by atoms with Gasteiger partial charge in [0.15, 0.2) is 11.5 Å². The van der Waals surface area contributed by atoms with Crippen LogP contribution >= 0.6 is 0 Å². The molecule has 0 unspecified atom stereocenters. The number of nitrogens with zero attached hydrogens (tertiary/aromatic N) is 4. The van der Waals surface area contributed by atoms with E-state index in [0.29, 0.717) is 18.6 Å². The van der Waals surface area contributed by atoms with Gasteiger partial charge >= 0.3 is 0 Å². The highest BCUT2D eigenvalue weighted by molar-refractivity contribution is 5.82. The molecule has 0 amide bonds. The molecule has 1 fully saturated rings. The number of aromatic amines is 1. The molecule has 0 bridgehead atoms. The number of hydrogen-bond donors (Lipinski definition) is 2. The van der Waals surface area contributed by atoms with Crippen molar-refractivity contribution in [3.05, 3.63) is 48.3 Å². The molecule has 4 rings (SSSR count). The summed E-state index contributed by atoms with van der Waals surface area (Å²) in [6, 6.07) is 6.53. The Morgan fingerprint density at radius 2 is 2.04 bits per heavy atom. The van der Waals surface area contributed by atoms with E-state index in [-0.39, 0.29) is 17.8 Å². The number of halogens is 1. The second kappa shape index (κ2) is 6.40. The highest BCUT2D eigenvalue weighted by Crippen LogP contribution is 2.36. The van der Waals surface area contributed by atoms with Crippen LogP contribution < -0.4 is 4.90 Å². The van der Waals surface area contributed by atoms with Crippen molar-refractivity contribution >= 4 is 17.0 Å². The molecule has 1 aromatic carbocycles. The van der Waals surface area contributed by atoms with E-state index < -0.39 is 0 Å². The van der Waals surface area contributed by atoms with E-state index >= 15 is 0 Å². The highest BCUT2D eigenvalue weighted by Gasteiger charge is 2.36. The lowest BCUT2D eigenvalue weighted by Crippen LogP contribution is -2.47. The van der Waals surface area contributed by atoms with Crippen molar-refractivity contribution in [2.24, 2.45) is 5.41 Å². The quantitative estimate of drug-likeness (QED) is 0.761. The molecule has 0 spiro atoms. The van der Waals surface area contributed by atoms with Crippen LogP contribution in [0.5, 0.6) is 0 Å². The molecule has 130 valence electrons. The van der Waals surface area contributed by atoms with E-state index in [4.69, 9.17) is 0 Å². The van der Waals surface area contributed by atoms with E-state index in [0.717, 1.165) is 36.3 Å². The molecule has 0 radical (unpaired) electrons. The summed E-state index contributed by atoms with van der Waals surface area (Å²) in [6.07, 6.45) is 5.73. The van der Waals surface area contributed by atoms with Crippen molar-refractivity contribution in [3.63, 3.8) is 0 Å². The van der Waals surface area contributed by atoms with Gasteiger partial charge in [0, 0.05) is 18.5 Å². The van der Waals surface area contributed by atoms with Gasteiger partial charge in [-0.1, -0.05) is 12.1 Å². The normalized spacial score (nSPS) is 21.0. The minimum atomic E-state index is -0.270. The first kappa shape index (κ1) is 16.0. The lowest BCUT2D eigenvalue weighted by Gasteiger charge is -2.42. The fraction of sp³-hybridized carbons (Fsp3) is 0.389. The van der Waals surface area contributed by atoms with Crippen molar-refractivity contribution in [2.45, 2.75) is 19.3 Å². The molecule has 1 saturated heterocycles. The minimum absolute atomic E-state index is 0.0814. The van der Waals surface area contributed by atoms with Gasteiger partial charge in [-0.2, -0.15) is 0 Å². The summed E-state index contributed by atoms with van der Waals surface area (Å²) in [5.41, 5.74) is 2.22. The van der Waals surface area contributed by atoms with Gasteiger partial charge in [0.25, 0.3) is 0 Å². The molecule has 3 heterocycles. The fourth-order valence-corrected chi connectivity index (χ4v) is 3.75. The zero-order chi connectivity index (χ0) is 17.3. The van der Waals surface area contributed by atoms with Crippen LogP contribution in [-0.2, 0) is 6.42 Å². The lowest BCUT2D eigenvalue weighted by atomic mass is 9.75. The largest absolute Gasteiger partial charge is 0.396 e. The Bertz CT molecular complexity index is 865. The van der Waals surface area contributed by atoms with E-state index in [1.54, 1.807) is 18.5 Å². The predicted molar refractivity (Wildman–Crippen MR) is 92.8 cm³/mol. The minimum Gasteiger partial charge on any atom is -0.396 e. The van der Waals surface area contributed by atoms with E-state index in [1.165, 1.54) is 18.5 Å². The van der Waals surface area contributed by atoms with Crippen molar-refractivity contribution in [3.8, 4) is 0 Å². The first-order chi connectivity index (χ1) is 12.2. The van der Waals surface area contributed by atoms with Crippen LogP contribution in [0.15, 0.2) is 36.9 Å². The molecule has 25 heavy (non-hydrogen) atoms. The molecule has 0 saturated carbocycles. The molecule has 7 heteroatoms. The maximum absolute atomic E-state index is 13.2. The van der Waals surface area contributed by atoms with Crippen molar-refractivity contribution < 1.29 is 9.50 Å². The van der Waals surface area contributed by atoms with Crippen LogP contribution in [-0.4, -0.2) is 44.7 Å². The topological polar surface area (TPSA) is 77.9 Å². The highest BCUT2D eigenvalue weighted by atomic mass is 19.1. The molecular weight excluding hydrogens is 321 g/mol. The number of H-pyrrole nitrogens is 1. The summed E-state index contributed by atoms with van der Waals surface area (Å²) in [7, 11) is 0. The maximum atomic E-state index is 13.2. The van der Waals surface area contributed by atoms with E-state index in [9.17, 15) is 9.50 Å². The monoisotopic (exact) mass is 341 g/mol. The number of anilines is 1. The Labute approximate surface area is 144 Å². The Hall–Kier alpha value is -2.54. The number of imidazole rings is 1. The molecule has 1 atom stereocenters. The summed E-state index contributed by atoms with van der Waals surface area (Å²) in [5.74, 6) is 0.578. The Morgan fingerprint density at radius 3 is 2.84 bits per heavy atom. The molecule has 1 aliphatic rings. The third-order valence-corrected chi connectivity index (χ3v) is 4.99. The summed E-state index contributed by atoms with van der Waals surface area (Å²) in [5, 5.41) is 10.1. The van der Waals surface area contributed by atoms with Crippen LogP contribution in [0.1, 0.15) is 18.4 Å². The van der Waals surface area contributed by atoms with Crippen molar-refractivity contribution in [2.75, 3.05) is 24.6 Å². The van der Waals surface area contributed by atoms with Gasteiger partial charge in [0.2, 0.25) is 0 Å². The molecule has 6 nitrogen and oxygen atoms in total. The SMILES string of the molecule is OC[C@]1(Cc2ccc(F)cc2)CCCN(c2ncnc3nc[nH]c23)C1. The third-order valence-electron chi connectivity index (χ3n) is 4.99. The number of rotatable bonds is 4. The zero-order valence-electron chi connectivity index (χ0n) is 13.8. The van der Waals surface area contributed by atoms with Gasteiger partial charge in [0.05, 0.1) is 12.9 Å². The van der Waals surface area contributed by atoms with Crippen LogP contribution in [0.25, 0.3) is 11.2 Å². The number of benzene rings is 1. The lowest BCUT2D eigenvalue weighted by molar-refractivity contribution is 0.105. The third kappa shape index (κ3) is 3.07. The van der Waals surface area contributed by atoms with E-state index in [2.05, 4.69) is 24.8 Å². The average molecular weight is 341 g/mol. The second-order valence-corrected chi connectivity index (χ2v) is 6.78. The van der Waals surface area contributed by atoms with Crippen molar-refractivity contribution in [1.82, 2.24) is 19.9 Å². The summed E-state index contributed by atoms with van der Waals surface area (Å²) >= 11 is 0. The number of aromatic nitrogens is 4. The van der Waals surface area contributed by atoms with E-state index in [1.807, 2.05) is 0 Å². The number of piperidine rings is 1. The molecule has 2 aromatic heterocycles. The fourth-order valence-electron chi connectivity index (χ4n) is 3.75. The smallest absolute Gasteiger partial charge is 0.182 e. The molecule has 0 aliphatic carbocycles. The Morgan fingerprint density at radius 1 is 1.20 bits per heavy atom. The van der Waals surface area contributed by atoms with Crippen LogP contribution in [0.3, 0.4) is 0 Å². The van der Waals surface area contributed by atoms with Crippen LogP contribution in [0, 0.1) is 11.2 Å². The number of aliphatic hydroxyl groups is 1. The first-order valence-electron chi connectivity index (χ1n) is 8.43. The zero-order valence-corrected chi connectivity index (χ0v) is 13.8. The van der Waals surface area contributed by atoms with Gasteiger partial charge in [-0.3, -0.25) is 0 Å². The van der Waals surface area contributed by atoms with Gasteiger partial charge in [-0.25, -0.2) is 19.3 Å². The predicted octanol–water partition coefficient (Wildman–Crippen LogP) is 2.31. The molecule has 1 aliphatic heterocycles. The summed E-state index contributed by atoms with van der Waals surface area (Å²) < 4.78 is 13.2. The Kier molecular flexibility index (Phi) is 4.09. The standard InChI is InChI=1S/C18H20FN5O/c19-14-4-2-13(3-5-14)8-18(10-25)6-1-7-24(9-18)17-15-16(21-11-20-15)22-12-23-17/h2-5,11-12,25H,1,6-10H2,(H,20,21,22,23)/t18-/m0/s1. The number of aliphatic hydroxyl groups excluding tert-OH is 1. The van der Waals surface area contributed by atoms with Gasteiger partial charge in [-0.15, -0.1) is 0 Å². The average Bonchev–Trinajstić information content (AvgIpc) is 3.13. The first-order valence-corrected chi connectivity index (χ1v) is 8.43. The summed E-state index contributed by atoms with van der Waals surface area (Å²) in [4.78, 5) is 18.1. The van der Waals surface area contributed by atoms with Crippen LogP contribution in [0.2, 0.25) is 0 Å². The maximum Gasteiger partial charge on any atom is 0.182 e. The van der Waals surface area contributed by atoms with Gasteiger partial charge in [0.1, 0.15) is 17.7 Å². The molecular formula is C18H20FN5O. The van der Waals surface area contributed by atoms with Gasteiger partial charge in [-0.05, 0) is 37.0 Å². The number of fused-ring (bicyclic) bond motifs is 1. The number of nitrogens with one attached hydrogen (secondary N) is 1. The number of hydrogen-bond acceptors (Lipinski definition) is 5. The molecule has 2 N–H and O–H groups in total. The Balaban J connectivity index is 1.62. The summed E-state index contributed by atoms with van der Waals surface area (Å²) in [6.45, 7) is 1.64. The van der Waals surface area contributed by atoms with Crippen LogP contribution in [0.4, 0.5) is 10.2 Å². The van der Waals surface area contributed by atoms with Gasteiger partial charge < -0.3 is 15.0 Å². The molecule has 3 aromatic rings. The van der Waals surface area contributed by atoms with Crippen molar-refractivity contribution in [1.29, 1.82) is 0 Å².